The number of nitrogens with zero attached hydrogens (tertiary/aromatic N) is 1. The molecule has 1 saturated heterocycles. The average molecular weight is 262 g/mol. The molecule has 0 saturated carbocycles. The number of rotatable bonds is 3. The van der Waals surface area contributed by atoms with Gasteiger partial charge in [0.15, 0.2) is 0 Å². The van der Waals surface area contributed by atoms with Gasteiger partial charge in [0.05, 0.1) is 11.7 Å². The smallest absolute Gasteiger partial charge is 0.255 e. The molecule has 4 nitrogen and oxygen atoms in total. The summed E-state index contributed by atoms with van der Waals surface area (Å²) in [6.45, 7) is 3.39. The Labute approximate surface area is 114 Å². The second kappa shape index (κ2) is 6.06. The lowest BCUT2D eigenvalue weighted by molar-refractivity contribution is -0.000171. The first-order chi connectivity index (χ1) is 9.08. The molecular weight excluding hydrogens is 240 g/mol. The molecule has 2 N–H and O–H groups in total. The maximum Gasteiger partial charge on any atom is 0.255 e. The topological polar surface area (TPSA) is 55.6 Å². The molecule has 104 valence electrons. The van der Waals surface area contributed by atoms with E-state index in [2.05, 4.69) is 0 Å². The van der Waals surface area contributed by atoms with Crippen molar-refractivity contribution in [2.24, 2.45) is 0 Å². The summed E-state index contributed by atoms with van der Waals surface area (Å²) in [4.78, 5) is 14.1. The number of carbonyl (C=O) groups excluding carboxylic acids is 1. The first kappa shape index (κ1) is 13.9. The van der Waals surface area contributed by atoms with E-state index in [9.17, 15) is 4.79 Å². The Morgan fingerprint density at radius 3 is 2.95 bits per heavy atom. The molecule has 1 fully saturated rings. The van der Waals surface area contributed by atoms with E-state index in [4.69, 9.17) is 10.5 Å². The highest BCUT2D eigenvalue weighted by atomic mass is 16.5. The van der Waals surface area contributed by atoms with Crippen LogP contribution in [-0.2, 0) is 4.74 Å². The van der Waals surface area contributed by atoms with E-state index < -0.39 is 0 Å². The van der Waals surface area contributed by atoms with Gasteiger partial charge in [-0.2, -0.15) is 0 Å². The quantitative estimate of drug-likeness (QED) is 0.850. The standard InChI is InChI=1S/C15H22N2O2/c1-11-6-7-14(16)13(9-11)15(18)17(2)10-12-5-3-4-8-19-12/h6-7,9,12H,3-5,8,10,16H2,1-2H3. The van der Waals surface area contributed by atoms with Gasteiger partial charge < -0.3 is 15.4 Å². The van der Waals surface area contributed by atoms with Crippen molar-refractivity contribution in [1.29, 1.82) is 0 Å². The molecule has 1 heterocycles. The zero-order valence-electron chi connectivity index (χ0n) is 11.7. The number of hydrogen-bond donors (Lipinski definition) is 1. The number of nitrogens with two attached hydrogens (primary N) is 1. The van der Waals surface area contributed by atoms with E-state index in [1.807, 2.05) is 26.1 Å². The number of aryl methyl sites for hydroxylation is 1. The van der Waals surface area contributed by atoms with E-state index in [0.717, 1.165) is 25.0 Å². The fourth-order valence-corrected chi connectivity index (χ4v) is 2.40. The molecule has 1 amide bonds. The molecule has 0 radical (unpaired) electrons. The van der Waals surface area contributed by atoms with Gasteiger partial charge in [0.2, 0.25) is 0 Å². The summed E-state index contributed by atoms with van der Waals surface area (Å²) in [5.74, 6) is -0.0321. The summed E-state index contributed by atoms with van der Waals surface area (Å²) in [5.41, 5.74) is 8.04. The van der Waals surface area contributed by atoms with Gasteiger partial charge in [0.25, 0.3) is 5.91 Å². The van der Waals surface area contributed by atoms with E-state index in [1.165, 1.54) is 6.42 Å². The summed E-state index contributed by atoms with van der Waals surface area (Å²) in [6.07, 6.45) is 3.49. The molecule has 1 aliphatic heterocycles. The molecule has 0 aromatic heterocycles. The monoisotopic (exact) mass is 262 g/mol. The van der Waals surface area contributed by atoms with Gasteiger partial charge >= 0.3 is 0 Å². The Balaban J connectivity index is 2.03. The van der Waals surface area contributed by atoms with Crippen molar-refractivity contribution >= 4 is 11.6 Å². The number of anilines is 1. The molecule has 0 spiro atoms. The number of carbonyl (C=O) groups is 1. The van der Waals surface area contributed by atoms with Crippen molar-refractivity contribution in [3.05, 3.63) is 29.3 Å². The van der Waals surface area contributed by atoms with Crippen LogP contribution in [0, 0.1) is 6.92 Å². The molecular formula is C15H22N2O2. The minimum Gasteiger partial charge on any atom is -0.398 e. The number of hydrogen-bond acceptors (Lipinski definition) is 3. The fourth-order valence-electron chi connectivity index (χ4n) is 2.40. The highest BCUT2D eigenvalue weighted by molar-refractivity contribution is 5.99. The van der Waals surface area contributed by atoms with Crippen molar-refractivity contribution in [2.45, 2.75) is 32.3 Å². The van der Waals surface area contributed by atoms with Gasteiger partial charge in [-0.15, -0.1) is 0 Å². The second-order valence-electron chi connectivity index (χ2n) is 5.26. The van der Waals surface area contributed by atoms with Crippen LogP contribution in [0.5, 0.6) is 0 Å². The average Bonchev–Trinajstić information content (AvgIpc) is 2.42. The van der Waals surface area contributed by atoms with Gasteiger partial charge in [-0.3, -0.25) is 4.79 Å². The van der Waals surface area contributed by atoms with Crippen molar-refractivity contribution < 1.29 is 9.53 Å². The van der Waals surface area contributed by atoms with Crippen LogP contribution >= 0.6 is 0 Å². The van der Waals surface area contributed by atoms with E-state index in [1.54, 1.807) is 11.0 Å². The van der Waals surface area contributed by atoms with Crippen LogP contribution in [0.15, 0.2) is 18.2 Å². The normalized spacial score (nSPS) is 19.2. The van der Waals surface area contributed by atoms with E-state index in [-0.39, 0.29) is 12.0 Å². The SMILES string of the molecule is Cc1ccc(N)c(C(=O)N(C)CC2CCCCO2)c1. The molecule has 4 heteroatoms. The van der Waals surface area contributed by atoms with Crippen LogP contribution in [0.1, 0.15) is 35.2 Å². The number of benzene rings is 1. The van der Waals surface area contributed by atoms with Crippen molar-refractivity contribution in [3.63, 3.8) is 0 Å². The molecule has 1 aromatic carbocycles. The molecule has 19 heavy (non-hydrogen) atoms. The fraction of sp³-hybridized carbons (Fsp3) is 0.533. The minimum atomic E-state index is -0.0321. The first-order valence-electron chi connectivity index (χ1n) is 6.81. The lowest BCUT2D eigenvalue weighted by Gasteiger charge is -2.27. The van der Waals surface area contributed by atoms with Crippen LogP contribution < -0.4 is 5.73 Å². The van der Waals surface area contributed by atoms with Crippen molar-refractivity contribution in [3.8, 4) is 0 Å². The highest BCUT2D eigenvalue weighted by Gasteiger charge is 2.20. The van der Waals surface area contributed by atoms with Crippen molar-refractivity contribution in [2.75, 3.05) is 25.9 Å². The summed E-state index contributed by atoms with van der Waals surface area (Å²) in [5, 5.41) is 0. The second-order valence-corrected chi connectivity index (χ2v) is 5.26. The molecule has 1 aromatic rings. The molecule has 1 unspecified atom stereocenters. The summed E-state index contributed by atoms with van der Waals surface area (Å²) in [6, 6.07) is 5.54. The Bertz CT molecular complexity index is 453. The third-order valence-electron chi connectivity index (χ3n) is 3.54. The summed E-state index contributed by atoms with van der Waals surface area (Å²) < 4.78 is 5.66. The Morgan fingerprint density at radius 2 is 2.26 bits per heavy atom. The largest absolute Gasteiger partial charge is 0.398 e. The first-order valence-corrected chi connectivity index (χ1v) is 6.81. The van der Waals surface area contributed by atoms with Gasteiger partial charge in [-0.1, -0.05) is 11.6 Å². The van der Waals surface area contributed by atoms with Crippen LogP contribution in [0.4, 0.5) is 5.69 Å². The van der Waals surface area contributed by atoms with E-state index >= 15 is 0 Å². The van der Waals surface area contributed by atoms with Gasteiger partial charge in [0, 0.05) is 25.9 Å². The Kier molecular flexibility index (Phi) is 4.43. The third kappa shape index (κ3) is 3.47. The highest BCUT2D eigenvalue weighted by Crippen LogP contribution is 2.18. The number of likely N-dealkylation sites (N-methyl/N-ethyl adjacent to an activating group) is 1. The molecule has 1 atom stereocenters. The number of amides is 1. The van der Waals surface area contributed by atoms with Gasteiger partial charge in [-0.05, 0) is 38.3 Å². The zero-order chi connectivity index (χ0) is 13.8. The van der Waals surface area contributed by atoms with E-state index in [0.29, 0.717) is 17.8 Å². The maximum atomic E-state index is 12.4. The van der Waals surface area contributed by atoms with Crippen LogP contribution in [0.25, 0.3) is 0 Å². The number of ether oxygens (including phenoxy) is 1. The lowest BCUT2D eigenvalue weighted by atomic mass is 10.1. The summed E-state index contributed by atoms with van der Waals surface area (Å²) >= 11 is 0. The maximum absolute atomic E-state index is 12.4. The third-order valence-corrected chi connectivity index (χ3v) is 3.54. The van der Waals surface area contributed by atoms with Crippen molar-refractivity contribution in [1.82, 2.24) is 4.90 Å². The molecule has 0 bridgehead atoms. The Morgan fingerprint density at radius 1 is 1.47 bits per heavy atom. The molecule has 2 rings (SSSR count). The van der Waals surface area contributed by atoms with Crippen LogP contribution in [-0.4, -0.2) is 37.1 Å². The zero-order valence-corrected chi connectivity index (χ0v) is 11.7. The summed E-state index contributed by atoms with van der Waals surface area (Å²) in [7, 11) is 1.81. The predicted molar refractivity (Wildman–Crippen MR) is 76.1 cm³/mol. The Hall–Kier alpha value is -1.55. The predicted octanol–water partition coefficient (Wildman–Crippen LogP) is 2.22. The number of nitrogen functional groups attached to an aromatic ring is 1. The van der Waals surface area contributed by atoms with Gasteiger partial charge in [-0.25, -0.2) is 0 Å². The van der Waals surface area contributed by atoms with Crippen LogP contribution in [0.3, 0.4) is 0 Å². The van der Waals surface area contributed by atoms with Gasteiger partial charge in [0.1, 0.15) is 0 Å². The lowest BCUT2D eigenvalue weighted by Crippen LogP contribution is -2.37. The minimum absolute atomic E-state index is 0.0321. The van der Waals surface area contributed by atoms with Crippen LogP contribution in [0.2, 0.25) is 0 Å². The molecule has 0 aliphatic carbocycles. The molecule has 1 aliphatic rings.